The van der Waals surface area contributed by atoms with Crippen molar-refractivity contribution in [3.05, 3.63) is 41.6 Å². The zero-order valence-electron chi connectivity index (χ0n) is 8.49. The predicted octanol–water partition coefficient (Wildman–Crippen LogP) is 2.73. The molecule has 0 spiro atoms. The second-order valence-electron chi connectivity index (χ2n) is 3.13. The van der Waals surface area contributed by atoms with Gasteiger partial charge in [0.25, 0.3) is 0 Å². The van der Waals surface area contributed by atoms with Crippen LogP contribution in [0.1, 0.15) is 12.0 Å². The Kier molecular flexibility index (Phi) is 3.94. The fourth-order valence-electron chi connectivity index (χ4n) is 1.11. The first kappa shape index (κ1) is 10.8. The monoisotopic (exact) mass is 197 g/mol. The van der Waals surface area contributed by atoms with Crippen molar-refractivity contribution < 1.29 is 0 Å². The number of hydrogen-bond acceptors (Lipinski definition) is 3. The highest BCUT2D eigenvalue weighted by atomic mass is 14.8. The molecule has 1 aromatic rings. The molecule has 0 bridgehead atoms. The normalized spacial score (nSPS) is 10.2. The maximum Gasteiger partial charge on any atom is 0.0973 e. The molecule has 0 saturated heterocycles. The third-order valence-corrected chi connectivity index (χ3v) is 1.84. The van der Waals surface area contributed by atoms with E-state index in [0.29, 0.717) is 5.57 Å². The van der Waals surface area contributed by atoms with Gasteiger partial charge in [0.1, 0.15) is 0 Å². The SMILES string of the molecule is Cc1cccc(N/C=C(\C#N)CC#N)c1. The number of aryl methyl sites for hydroxylation is 1. The fourth-order valence-corrected chi connectivity index (χ4v) is 1.11. The molecule has 0 atom stereocenters. The second kappa shape index (κ2) is 5.47. The van der Waals surface area contributed by atoms with Gasteiger partial charge in [-0.3, -0.25) is 0 Å². The van der Waals surface area contributed by atoms with E-state index in [1.165, 1.54) is 0 Å². The lowest BCUT2D eigenvalue weighted by Gasteiger charge is -2.01. The molecule has 1 N–H and O–H groups in total. The molecule has 74 valence electrons. The van der Waals surface area contributed by atoms with E-state index < -0.39 is 0 Å². The average molecular weight is 197 g/mol. The summed E-state index contributed by atoms with van der Waals surface area (Å²) in [5.74, 6) is 0. The van der Waals surface area contributed by atoms with E-state index in [-0.39, 0.29) is 6.42 Å². The Morgan fingerprint density at radius 2 is 2.27 bits per heavy atom. The van der Waals surface area contributed by atoms with Crippen LogP contribution >= 0.6 is 0 Å². The Morgan fingerprint density at radius 1 is 1.47 bits per heavy atom. The van der Waals surface area contributed by atoms with Crippen molar-refractivity contribution in [1.29, 1.82) is 10.5 Å². The topological polar surface area (TPSA) is 59.6 Å². The lowest BCUT2D eigenvalue weighted by Crippen LogP contribution is -1.90. The zero-order valence-corrected chi connectivity index (χ0v) is 8.49. The van der Waals surface area contributed by atoms with Crippen molar-refractivity contribution >= 4 is 5.69 Å². The van der Waals surface area contributed by atoms with Crippen LogP contribution < -0.4 is 5.32 Å². The molecular formula is C12H11N3. The van der Waals surface area contributed by atoms with E-state index in [1.807, 2.05) is 43.3 Å². The average Bonchev–Trinajstić information content (AvgIpc) is 2.24. The van der Waals surface area contributed by atoms with E-state index in [9.17, 15) is 0 Å². The Labute approximate surface area is 89.3 Å². The third-order valence-electron chi connectivity index (χ3n) is 1.84. The summed E-state index contributed by atoms with van der Waals surface area (Å²) < 4.78 is 0. The van der Waals surface area contributed by atoms with Gasteiger partial charge in [0.2, 0.25) is 0 Å². The molecule has 3 heteroatoms. The molecule has 0 aromatic heterocycles. The van der Waals surface area contributed by atoms with Gasteiger partial charge >= 0.3 is 0 Å². The smallest absolute Gasteiger partial charge is 0.0973 e. The largest absolute Gasteiger partial charge is 0.361 e. The minimum absolute atomic E-state index is 0.134. The molecule has 0 aliphatic rings. The fraction of sp³-hybridized carbons (Fsp3) is 0.167. The minimum atomic E-state index is 0.134. The summed E-state index contributed by atoms with van der Waals surface area (Å²) in [5.41, 5.74) is 2.49. The number of nitrogens with one attached hydrogen (secondary N) is 1. The van der Waals surface area contributed by atoms with Crippen LogP contribution in [0.2, 0.25) is 0 Å². The highest BCUT2D eigenvalue weighted by molar-refractivity contribution is 5.49. The standard InChI is InChI=1S/C12H11N3/c1-10-3-2-4-12(7-10)15-9-11(8-14)5-6-13/h2-4,7,9,15H,5H2,1H3/b11-9-. The van der Waals surface area contributed by atoms with Crippen LogP contribution in [0.3, 0.4) is 0 Å². The van der Waals surface area contributed by atoms with Crippen molar-refractivity contribution in [3.8, 4) is 12.1 Å². The quantitative estimate of drug-likeness (QED) is 0.758. The number of rotatable bonds is 3. The summed E-state index contributed by atoms with van der Waals surface area (Å²) >= 11 is 0. The molecule has 0 radical (unpaired) electrons. The highest BCUT2D eigenvalue weighted by Gasteiger charge is 1.94. The highest BCUT2D eigenvalue weighted by Crippen LogP contribution is 2.10. The summed E-state index contributed by atoms with van der Waals surface area (Å²) in [7, 11) is 0. The van der Waals surface area contributed by atoms with Crippen molar-refractivity contribution in [2.24, 2.45) is 0 Å². The van der Waals surface area contributed by atoms with Crippen LogP contribution in [0.25, 0.3) is 0 Å². The lowest BCUT2D eigenvalue weighted by atomic mass is 10.2. The summed E-state index contributed by atoms with van der Waals surface area (Å²) in [5, 5.41) is 20.1. The molecular weight excluding hydrogens is 186 g/mol. The number of benzene rings is 1. The van der Waals surface area contributed by atoms with E-state index in [4.69, 9.17) is 10.5 Å². The molecule has 0 heterocycles. The predicted molar refractivity (Wildman–Crippen MR) is 58.7 cm³/mol. The molecule has 1 rings (SSSR count). The molecule has 0 saturated carbocycles. The van der Waals surface area contributed by atoms with Crippen molar-refractivity contribution in [3.63, 3.8) is 0 Å². The molecule has 15 heavy (non-hydrogen) atoms. The minimum Gasteiger partial charge on any atom is -0.361 e. The number of nitriles is 2. The van der Waals surface area contributed by atoms with E-state index in [0.717, 1.165) is 11.3 Å². The Bertz CT molecular complexity index is 447. The first-order valence-corrected chi connectivity index (χ1v) is 4.55. The van der Waals surface area contributed by atoms with Crippen LogP contribution in [-0.4, -0.2) is 0 Å². The zero-order chi connectivity index (χ0) is 11.1. The maximum absolute atomic E-state index is 8.68. The van der Waals surface area contributed by atoms with Gasteiger partial charge in [0.05, 0.1) is 24.1 Å². The van der Waals surface area contributed by atoms with Crippen LogP contribution in [0.4, 0.5) is 5.69 Å². The molecule has 0 aliphatic carbocycles. The van der Waals surface area contributed by atoms with Crippen LogP contribution in [0, 0.1) is 29.6 Å². The molecule has 0 amide bonds. The second-order valence-corrected chi connectivity index (χ2v) is 3.13. The molecule has 0 unspecified atom stereocenters. The summed E-state index contributed by atoms with van der Waals surface area (Å²) in [4.78, 5) is 0. The Hall–Kier alpha value is -2.26. The van der Waals surface area contributed by atoms with Crippen molar-refractivity contribution in [2.45, 2.75) is 13.3 Å². The van der Waals surface area contributed by atoms with Gasteiger partial charge in [-0.15, -0.1) is 0 Å². The van der Waals surface area contributed by atoms with Gasteiger partial charge in [-0.2, -0.15) is 10.5 Å². The summed E-state index contributed by atoms with van der Waals surface area (Å²) in [6.45, 7) is 2.00. The molecule has 0 fully saturated rings. The van der Waals surface area contributed by atoms with Gasteiger partial charge < -0.3 is 5.32 Å². The van der Waals surface area contributed by atoms with E-state index in [1.54, 1.807) is 6.20 Å². The van der Waals surface area contributed by atoms with Crippen LogP contribution in [-0.2, 0) is 0 Å². The van der Waals surface area contributed by atoms with Gasteiger partial charge in [0.15, 0.2) is 0 Å². The van der Waals surface area contributed by atoms with Gasteiger partial charge in [0, 0.05) is 11.9 Å². The third kappa shape index (κ3) is 3.54. The van der Waals surface area contributed by atoms with Gasteiger partial charge in [-0.05, 0) is 24.6 Å². The molecule has 0 aliphatic heterocycles. The van der Waals surface area contributed by atoms with E-state index >= 15 is 0 Å². The number of hydrogen-bond donors (Lipinski definition) is 1. The van der Waals surface area contributed by atoms with Crippen molar-refractivity contribution in [1.82, 2.24) is 0 Å². The molecule has 3 nitrogen and oxygen atoms in total. The van der Waals surface area contributed by atoms with Gasteiger partial charge in [-0.25, -0.2) is 0 Å². The first-order valence-electron chi connectivity index (χ1n) is 4.55. The summed E-state index contributed by atoms with van der Waals surface area (Å²) in [6, 6.07) is 11.7. The Balaban J connectivity index is 2.72. The van der Waals surface area contributed by atoms with Crippen LogP contribution in [0.15, 0.2) is 36.0 Å². The maximum atomic E-state index is 8.68. The molecule has 1 aromatic carbocycles. The van der Waals surface area contributed by atoms with E-state index in [2.05, 4.69) is 5.32 Å². The van der Waals surface area contributed by atoms with Crippen LogP contribution in [0.5, 0.6) is 0 Å². The number of allylic oxidation sites excluding steroid dienone is 1. The summed E-state index contributed by atoms with van der Waals surface area (Å²) in [6.07, 6.45) is 1.70. The lowest BCUT2D eigenvalue weighted by molar-refractivity contribution is 1.26. The van der Waals surface area contributed by atoms with Gasteiger partial charge in [-0.1, -0.05) is 12.1 Å². The first-order chi connectivity index (χ1) is 7.26. The number of anilines is 1. The Morgan fingerprint density at radius 3 is 2.87 bits per heavy atom. The number of nitrogens with zero attached hydrogens (tertiary/aromatic N) is 2. The van der Waals surface area contributed by atoms with Crippen molar-refractivity contribution in [2.75, 3.05) is 5.32 Å².